The predicted molar refractivity (Wildman–Crippen MR) is 137 cm³/mol. The van der Waals surface area contributed by atoms with Crippen molar-refractivity contribution in [2.24, 2.45) is 5.92 Å². The Balaban J connectivity index is 1.26. The smallest absolute Gasteiger partial charge is 0.345 e. The number of hydrogen-bond acceptors (Lipinski definition) is 7. The molecule has 1 fully saturated rings. The maximum absolute atomic E-state index is 12.5. The molecule has 3 aromatic carbocycles. The zero-order valence-corrected chi connectivity index (χ0v) is 21.2. The molecule has 1 aliphatic rings. The van der Waals surface area contributed by atoms with Gasteiger partial charge in [0.15, 0.2) is 12.4 Å². The van der Waals surface area contributed by atoms with Crippen molar-refractivity contribution >= 4 is 52.7 Å². The highest BCUT2D eigenvalue weighted by molar-refractivity contribution is 6.36. The summed E-state index contributed by atoms with van der Waals surface area (Å²) in [6, 6.07) is 18.4. The van der Waals surface area contributed by atoms with Gasteiger partial charge in [-0.15, -0.1) is 0 Å². The van der Waals surface area contributed by atoms with Gasteiger partial charge < -0.3 is 9.47 Å². The molecule has 1 aliphatic heterocycles. The molecular weight excluding hydrogens is 535 g/mol. The number of esters is 2. The van der Waals surface area contributed by atoms with Crippen molar-refractivity contribution < 1.29 is 33.4 Å². The molecule has 11 heteroatoms. The normalized spacial score (nSPS) is 14.6. The van der Waals surface area contributed by atoms with Crippen LogP contribution in [-0.4, -0.2) is 47.7 Å². The minimum atomic E-state index is -0.826. The second kappa shape index (κ2) is 11.9. The zero-order chi connectivity index (χ0) is 27.2. The van der Waals surface area contributed by atoms with Crippen molar-refractivity contribution in [2.45, 2.75) is 6.42 Å². The van der Waals surface area contributed by atoms with E-state index in [0.29, 0.717) is 10.6 Å². The van der Waals surface area contributed by atoms with Gasteiger partial charge in [0.1, 0.15) is 5.75 Å². The maximum atomic E-state index is 12.5. The highest BCUT2D eigenvalue weighted by atomic mass is 35.5. The summed E-state index contributed by atoms with van der Waals surface area (Å²) in [5.41, 5.74) is 3.20. The number of nitrogens with zero attached hydrogens (tertiary/aromatic N) is 1. The van der Waals surface area contributed by atoms with Crippen LogP contribution in [-0.2, 0) is 14.3 Å². The van der Waals surface area contributed by atoms with Crippen LogP contribution in [0.1, 0.15) is 37.5 Å². The number of rotatable bonds is 8. The molecule has 9 nitrogen and oxygen atoms in total. The van der Waals surface area contributed by atoms with Crippen LogP contribution in [0.4, 0.5) is 0 Å². The van der Waals surface area contributed by atoms with Crippen molar-refractivity contribution in [3.05, 3.63) is 99.5 Å². The van der Waals surface area contributed by atoms with Gasteiger partial charge in [0, 0.05) is 22.6 Å². The van der Waals surface area contributed by atoms with Crippen molar-refractivity contribution in [1.29, 1.82) is 0 Å². The summed E-state index contributed by atoms with van der Waals surface area (Å²) in [7, 11) is 0. The van der Waals surface area contributed by atoms with Gasteiger partial charge in [0.05, 0.1) is 23.0 Å². The van der Waals surface area contributed by atoms with E-state index in [1.807, 2.05) is 0 Å². The molecule has 0 bridgehead atoms. The number of Topliss-reactive ketones (excluding diaryl/α,β-unsaturated/α-hetero) is 1. The summed E-state index contributed by atoms with van der Waals surface area (Å²) >= 11 is 11.8. The van der Waals surface area contributed by atoms with E-state index in [1.165, 1.54) is 42.5 Å². The predicted octanol–water partition coefficient (Wildman–Crippen LogP) is 4.13. The zero-order valence-electron chi connectivity index (χ0n) is 19.7. The van der Waals surface area contributed by atoms with Gasteiger partial charge in [-0.3, -0.25) is 29.6 Å². The third-order valence-electron chi connectivity index (χ3n) is 5.61. The van der Waals surface area contributed by atoms with Gasteiger partial charge in [-0.1, -0.05) is 41.4 Å². The molecule has 1 heterocycles. The highest BCUT2D eigenvalue weighted by Gasteiger charge is 2.36. The van der Waals surface area contributed by atoms with Gasteiger partial charge in [-0.05, 0) is 54.6 Å². The number of carbonyl (C=O) groups is 5. The first-order chi connectivity index (χ1) is 18.2. The number of hydrazine groups is 1. The van der Waals surface area contributed by atoms with Crippen LogP contribution in [0.5, 0.6) is 5.75 Å². The quantitative estimate of drug-likeness (QED) is 0.252. The second-order valence-corrected chi connectivity index (χ2v) is 9.12. The Morgan fingerprint density at radius 2 is 1.63 bits per heavy atom. The first kappa shape index (κ1) is 26.8. The van der Waals surface area contributed by atoms with Gasteiger partial charge in [0.2, 0.25) is 5.91 Å². The Labute approximate surface area is 227 Å². The minimum Gasteiger partial charge on any atom is -0.457 e. The average Bonchev–Trinajstić information content (AvgIpc) is 3.27. The van der Waals surface area contributed by atoms with Crippen LogP contribution in [0.25, 0.3) is 0 Å². The van der Waals surface area contributed by atoms with Crippen molar-refractivity contribution in [3.8, 4) is 5.75 Å². The van der Waals surface area contributed by atoms with Crippen LogP contribution >= 0.6 is 23.2 Å². The summed E-state index contributed by atoms with van der Waals surface area (Å²) in [5.74, 6) is -3.48. The van der Waals surface area contributed by atoms with E-state index < -0.39 is 42.1 Å². The second-order valence-electron chi connectivity index (χ2n) is 8.28. The van der Waals surface area contributed by atoms with E-state index in [0.717, 1.165) is 5.01 Å². The number of ketones is 1. The summed E-state index contributed by atoms with van der Waals surface area (Å²) in [5, 5.41) is 1.59. The number of ether oxygens (including phenoxy) is 2. The van der Waals surface area contributed by atoms with Crippen LogP contribution in [0.2, 0.25) is 10.0 Å². The van der Waals surface area contributed by atoms with Gasteiger partial charge in [-0.25, -0.2) is 4.79 Å². The SMILES string of the molecule is O=C(COC(=O)[C@H]1CC(=O)N(NC(=O)c2ccccc2)C1)c1ccc(OC(=O)c2ccc(Cl)cc2Cl)cc1. The first-order valence-electron chi connectivity index (χ1n) is 11.3. The number of hydrogen-bond donors (Lipinski definition) is 1. The van der Waals surface area contributed by atoms with Crippen molar-refractivity contribution in [2.75, 3.05) is 13.2 Å². The van der Waals surface area contributed by atoms with Crippen molar-refractivity contribution in [3.63, 3.8) is 0 Å². The molecule has 194 valence electrons. The molecule has 0 saturated carbocycles. The van der Waals surface area contributed by atoms with E-state index in [9.17, 15) is 24.0 Å². The lowest BCUT2D eigenvalue weighted by Gasteiger charge is -2.17. The first-order valence-corrected chi connectivity index (χ1v) is 12.1. The highest BCUT2D eigenvalue weighted by Crippen LogP contribution is 2.23. The molecular formula is C27H20Cl2N2O7. The standard InChI is InChI=1S/C27H20Cl2N2O7/c28-19-8-11-21(22(29)13-19)27(36)38-20-9-6-16(7-10-20)23(32)15-37-26(35)18-12-24(33)31(14-18)30-25(34)17-4-2-1-3-5-17/h1-11,13,18H,12,14-15H2,(H,30,34)/t18-/m0/s1. The van der Waals surface area contributed by atoms with Gasteiger partial charge in [0.25, 0.3) is 5.91 Å². The number of amides is 2. The third-order valence-corrected chi connectivity index (χ3v) is 6.16. The molecule has 0 aliphatic carbocycles. The largest absolute Gasteiger partial charge is 0.457 e. The van der Waals surface area contributed by atoms with Gasteiger partial charge >= 0.3 is 11.9 Å². The Morgan fingerprint density at radius 1 is 0.921 bits per heavy atom. The lowest BCUT2D eigenvalue weighted by atomic mass is 10.1. The average molecular weight is 555 g/mol. The van der Waals surface area contributed by atoms with Crippen LogP contribution < -0.4 is 10.2 Å². The molecule has 0 unspecified atom stereocenters. The fourth-order valence-corrected chi connectivity index (χ4v) is 4.10. The lowest BCUT2D eigenvalue weighted by molar-refractivity contribution is -0.147. The van der Waals surface area contributed by atoms with E-state index >= 15 is 0 Å². The summed E-state index contributed by atoms with van der Waals surface area (Å²) in [6.45, 7) is -0.610. The Hall–Kier alpha value is -4.21. The van der Waals surface area contributed by atoms with E-state index in [4.69, 9.17) is 32.7 Å². The maximum Gasteiger partial charge on any atom is 0.345 e. The summed E-state index contributed by atoms with van der Waals surface area (Å²) in [4.78, 5) is 61.8. The monoisotopic (exact) mass is 554 g/mol. The van der Waals surface area contributed by atoms with Crippen LogP contribution in [0.3, 0.4) is 0 Å². The summed E-state index contributed by atoms with van der Waals surface area (Å²) in [6.07, 6.45) is -0.153. The fraction of sp³-hybridized carbons (Fsp3) is 0.148. The van der Waals surface area contributed by atoms with Crippen LogP contribution in [0, 0.1) is 5.92 Å². The molecule has 38 heavy (non-hydrogen) atoms. The Kier molecular flexibility index (Phi) is 8.40. The third kappa shape index (κ3) is 6.56. The van der Waals surface area contributed by atoms with Gasteiger partial charge in [-0.2, -0.15) is 0 Å². The lowest BCUT2D eigenvalue weighted by Crippen LogP contribution is -2.43. The fourth-order valence-electron chi connectivity index (χ4n) is 3.61. The number of halogens is 2. The minimum absolute atomic E-state index is 0.0673. The van der Waals surface area contributed by atoms with Crippen LogP contribution in [0.15, 0.2) is 72.8 Å². The summed E-state index contributed by atoms with van der Waals surface area (Å²) < 4.78 is 10.4. The molecule has 0 aromatic heterocycles. The van der Waals surface area contributed by atoms with Crippen molar-refractivity contribution in [1.82, 2.24) is 10.4 Å². The molecule has 1 atom stereocenters. The van der Waals surface area contributed by atoms with E-state index in [2.05, 4.69) is 5.43 Å². The number of carbonyl (C=O) groups excluding carboxylic acids is 5. The molecule has 0 radical (unpaired) electrons. The molecule has 1 N–H and O–H groups in total. The Bertz CT molecular complexity index is 1390. The molecule has 3 aromatic rings. The van der Waals surface area contributed by atoms with E-state index in [-0.39, 0.29) is 34.9 Å². The number of nitrogens with one attached hydrogen (secondary N) is 1. The Morgan fingerprint density at radius 3 is 2.32 bits per heavy atom. The van der Waals surface area contributed by atoms with E-state index in [1.54, 1.807) is 30.3 Å². The molecule has 1 saturated heterocycles. The molecule has 0 spiro atoms. The molecule has 2 amide bonds. The molecule has 4 rings (SSSR count). The number of benzene rings is 3. The topological polar surface area (TPSA) is 119 Å².